The van der Waals surface area contributed by atoms with Crippen LogP contribution in [0.4, 0.5) is 13.2 Å². The van der Waals surface area contributed by atoms with Crippen LogP contribution in [0.1, 0.15) is 25.3 Å². The topological polar surface area (TPSA) is 62.1 Å². The van der Waals surface area contributed by atoms with Gasteiger partial charge in [-0.05, 0) is 49.9 Å². The molecule has 1 aliphatic carbocycles. The third-order valence-electron chi connectivity index (χ3n) is 3.58. The number of halogens is 3. The summed E-state index contributed by atoms with van der Waals surface area (Å²) in [6.45, 7) is 1.30. The smallest absolute Gasteiger partial charge is 0.416 e. The Balaban J connectivity index is 1.87. The molecule has 0 saturated heterocycles. The van der Waals surface area contributed by atoms with Crippen LogP contribution in [-0.4, -0.2) is 18.1 Å². The first-order valence-corrected chi connectivity index (χ1v) is 6.77. The lowest BCUT2D eigenvalue weighted by Gasteiger charge is -2.22. The summed E-state index contributed by atoms with van der Waals surface area (Å²) in [6, 6.07) is 6.16. The van der Waals surface area contributed by atoms with Gasteiger partial charge in [0.15, 0.2) is 6.61 Å². The van der Waals surface area contributed by atoms with Crippen molar-refractivity contribution >= 4 is 5.91 Å². The lowest BCUT2D eigenvalue weighted by molar-refractivity contribution is -0.137. The molecule has 1 aromatic carbocycles. The van der Waals surface area contributed by atoms with Crippen LogP contribution >= 0.6 is 0 Å². The van der Waals surface area contributed by atoms with Gasteiger partial charge in [-0.2, -0.15) is 18.4 Å². The molecule has 1 aliphatic rings. The van der Waals surface area contributed by atoms with Crippen LogP contribution in [0.15, 0.2) is 24.3 Å². The predicted molar refractivity (Wildman–Crippen MR) is 71.8 cm³/mol. The van der Waals surface area contributed by atoms with Crippen LogP contribution in [0.25, 0.3) is 0 Å². The van der Waals surface area contributed by atoms with Crippen molar-refractivity contribution in [1.29, 1.82) is 5.26 Å². The molecule has 7 heteroatoms. The summed E-state index contributed by atoms with van der Waals surface area (Å²) in [6.07, 6.45) is -2.62. The summed E-state index contributed by atoms with van der Waals surface area (Å²) in [5.41, 5.74) is -1.70. The first-order chi connectivity index (χ1) is 10.2. The minimum atomic E-state index is -4.41. The van der Waals surface area contributed by atoms with E-state index >= 15 is 0 Å². The van der Waals surface area contributed by atoms with Crippen molar-refractivity contribution in [2.75, 3.05) is 6.61 Å². The summed E-state index contributed by atoms with van der Waals surface area (Å²) >= 11 is 0. The fraction of sp³-hybridized carbons (Fsp3) is 0.467. The third-order valence-corrected chi connectivity index (χ3v) is 3.58. The van der Waals surface area contributed by atoms with E-state index in [0.29, 0.717) is 0 Å². The van der Waals surface area contributed by atoms with Crippen LogP contribution < -0.4 is 10.1 Å². The molecular formula is C15H15F3N2O2. The quantitative estimate of drug-likeness (QED) is 0.909. The molecule has 0 spiro atoms. The second kappa shape index (κ2) is 5.87. The number of hydrogen-bond donors (Lipinski definition) is 1. The summed E-state index contributed by atoms with van der Waals surface area (Å²) in [4.78, 5) is 11.8. The summed E-state index contributed by atoms with van der Waals surface area (Å²) in [5, 5.41) is 11.7. The molecular weight excluding hydrogens is 297 g/mol. The average Bonchev–Trinajstić information content (AvgIpc) is 3.29. The SMILES string of the molecule is C[C@](C#N)(NC(=O)COc1ccc(C(F)(F)F)cc1)C1CC1. The van der Waals surface area contributed by atoms with Gasteiger partial charge >= 0.3 is 6.18 Å². The number of nitrogens with one attached hydrogen (secondary N) is 1. The maximum atomic E-state index is 12.4. The number of rotatable bonds is 5. The molecule has 22 heavy (non-hydrogen) atoms. The van der Waals surface area contributed by atoms with Gasteiger partial charge in [-0.3, -0.25) is 4.79 Å². The van der Waals surface area contributed by atoms with E-state index in [1.807, 2.05) is 0 Å². The molecule has 0 unspecified atom stereocenters. The molecule has 0 radical (unpaired) electrons. The molecule has 118 valence electrons. The van der Waals surface area contributed by atoms with Crippen LogP contribution in [-0.2, 0) is 11.0 Å². The van der Waals surface area contributed by atoms with E-state index in [0.717, 1.165) is 37.1 Å². The van der Waals surface area contributed by atoms with Gasteiger partial charge in [-0.15, -0.1) is 0 Å². The Labute approximate surface area is 125 Å². The number of alkyl halides is 3. The summed E-state index contributed by atoms with van der Waals surface area (Å²) in [7, 11) is 0. The number of carbonyl (C=O) groups is 1. The van der Waals surface area contributed by atoms with Crippen LogP contribution in [0.2, 0.25) is 0 Å². The summed E-state index contributed by atoms with van der Waals surface area (Å²) in [5.74, 6) is -0.170. The fourth-order valence-corrected chi connectivity index (χ4v) is 2.10. The molecule has 1 N–H and O–H groups in total. The van der Waals surface area contributed by atoms with Gasteiger partial charge in [0.2, 0.25) is 0 Å². The predicted octanol–water partition coefficient (Wildman–Crippen LogP) is 2.89. The molecule has 1 saturated carbocycles. The first kappa shape index (κ1) is 16.1. The molecule has 1 amide bonds. The Kier molecular flexibility index (Phi) is 4.31. The van der Waals surface area contributed by atoms with Gasteiger partial charge in [0.05, 0.1) is 11.6 Å². The van der Waals surface area contributed by atoms with Crippen LogP contribution in [0.5, 0.6) is 5.75 Å². The highest BCUT2D eigenvalue weighted by Gasteiger charge is 2.43. The first-order valence-electron chi connectivity index (χ1n) is 6.77. The molecule has 0 aromatic heterocycles. The zero-order chi connectivity index (χ0) is 16.4. The van der Waals surface area contributed by atoms with Crippen LogP contribution in [0, 0.1) is 17.2 Å². The van der Waals surface area contributed by atoms with Crippen molar-refractivity contribution in [3.63, 3.8) is 0 Å². The third kappa shape index (κ3) is 3.91. The van der Waals surface area contributed by atoms with E-state index in [9.17, 15) is 18.0 Å². The number of hydrogen-bond acceptors (Lipinski definition) is 3. The number of nitriles is 1. The number of ether oxygens (including phenoxy) is 1. The highest BCUT2D eigenvalue weighted by Crippen LogP contribution is 2.39. The fourth-order valence-electron chi connectivity index (χ4n) is 2.10. The van der Waals surface area contributed by atoms with Gasteiger partial charge in [0.25, 0.3) is 5.91 Å². The summed E-state index contributed by atoms with van der Waals surface area (Å²) < 4.78 is 42.4. The number of nitrogens with zero attached hydrogens (tertiary/aromatic N) is 1. The Morgan fingerprint density at radius 2 is 1.95 bits per heavy atom. The zero-order valence-electron chi connectivity index (χ0n) is 11.9. The number of amides is 1. The molecule has 4 nitrogen and oxygen atoms in total. The van der Waals surface area contributed by atoms with Crippen molar-refractivity contribution in [3.8, 4) is 11.8 Å². The van der Waals surface area contributed by atoms with Gasteiger partial charge < -0.3 is 10.1 Å². The lowest BCUT2D eigenvalue weighted by Crippen LogP contribution is -2.48. The number of carbonyl (C=O) groups excluding carboxylic acids is 1. The Hall–Kier alpha value is -2.23. The van der Waals surface area contributed by atoms with Crippen molar-refractivity contribution < 1.29 is 22.7 Å². The highest BCUT2D eigenvalue weighted by atomic mass is 19.4. The minimum absolute atomic E-state index is 0.146. The van der Waals surface area contributed by atoms with E-state index in [-0.39, 0.29) is 18.3 Å². The average molecular weight is 312 g/mol. The standard InChI is InChI=1S/C15H15F3N2O2/c1-14(9-19,10-2-3-10)20-13(21)8-22-12-6-4-11(5-7-12)15(16,17)18/h4-7,10H,2-3,8H2,1H3,(H,20,21)/t14-/m1/s1. The minimum Gasteiger partial charge on any atom is -0.484 e. The van der Waals surface area contributed by atoms with Gasteiger partial charge in [-0.1, -0.05) is 0 Å². The Morgan fingerprint density at radius 1 is 1.36 bits per heavy atom. The van der Waals surface area contributed by atoms with E-state index in [1.165, 1.54) is 0 Å². The highest BCUT2D eigenvalue weighted by molar-refractivity contribution is 5.79. The second-order valence-electron chi connectivity index (χ2n) is 5.45. The molecule has 0 heterocycles. The van der Waals surface area contributed by atoms with Crippen LogP contribution in [0.3, 0.4) is 0 Å². The van der Waals surface area contributed by atoms with Gasteiger partial charge in [0, 0.05) is 0 Å². The Bertz CT molecular complexity index is 588. The van der Waals surface area contributed by atoms with Gasteiger partial charge in [-0.25, -0.2) is 0 Å². The van der Waals surface area contributed by atoms with E-state index in [4.69, 9.17) is 10.00 Å². The maximum Gasteiger partial charge on any atom is 0.416 e. The van der Waals surface area contributed by atoms with E-state index < -0.39 is 23.2 Å². The molecule has 0 bridgehead atoms. The largest absolute Gasteiger partial charge is 0.484 e. The molecule has 2 rings (SSSR count). The van der Waals surface area contributed by atoms with Crippen molar-refractivity contribution in [2.24, 2.45) is 5.92 Å². The molecule has 0 aliphatic heterocycles. The lowest BCUT2D eigenvalue weighted by atomic mass is 9.98. The maximum absolute atomic E-state index is 12.4. The monoisotopic (exact) mass is 312 g/mol. The van der Waals surface area contributed by atoms with Gasteiger partial charge in [0.1, 0.15) is 11.3 Å². The van der Waals surface area contributed by atoms with Crippen molar-refractivity contribution in [2.45, 2.75) is 31.5 Å². The molecule has 1 aromatic rings. The van der Waals surface area contributed by atoms with E-state index in [2.05, 4.69) is 11.4 Å². The second-order valence-corrected chi connectivity index (χ2v) is 5.45. The molecule has 1 atom stereocenters. The molecule has 1 fully saturated rings. The zero-order valence-corrected chi connectivity index (χ0v) is 11.9. The van der Waals surface area contributed by atoms with E-state index in [1.54, 1.807) is 6.92 Å². The van der Waals surface area contributed by atoms with Crippen molar-refractivity contribution in [1.82, 2.24) is 5.32 Å². The normalized spacial score (nSPS) is 17.2. The number of benzene rings is 1. The van der Waals surface area contributed by atoms with Crippen molar-refractivity contribution in [3.05, 3.63) is 29.8 Å². The Morgan fingerprint density at radius 3 is 2.41 bits per heavy atom.